The van der Waals surface area contributed by atoms with Crippen LogP contribution in [0.1, 0.15) is 61.9 Å². The van der Waals surface area contributed by atoms with Crippen LogP contribution in [0.15, 0.2) is 36.5 Å². The van der Waals surface area contributed by atoms with Crippen molar-refractivity contribution in [3.05, 3.63) is 53.3 Å². The number of nitrogens with zero attached hydrogens (tertiary/aromatic N) is 2. The lowest BCUT2D eigenvalue weighted by Crippen LogP contribution is -2.62. The number of aryl methyl sites for hydroxylation is 2. The van der Waals surface area contributed by atoms with Crippen LogP contribution in [-0.2, 0) is 12.6 Å². The average Bonchev–Trinajstić information content (AvgIpc) is 3.11. The van der Waals surface area contributed by atoms with Crippen molar-refractivity contribution in [3.63, 3.8) is 0 Å². The zero-order chi connectivity index (χ0) is 17.6. The minimum Gasteiger partial charge on any atom is -0.353 e. The second kappa shape index (κ2) is 4.97. The lowest BCUT2D eigenvalue weighted by molar-refractivity contribution is -0.0630. The number of hydrogen-bond acceptors (Lipinski definition) is 1. The third-order valence-electron chi connectivity index (χ3n) is 8.48. The van der Waals surface area contributed by atoms with E-state index in [1.807, 2.05) is 0 Å². The summed E-state index contributed by atoms with van der Waals surface area (Å²) in [6.07, 6.45) is 9.64. The van der Waals surface area contributed by atoms with Crippen LogP contribution in [-0.4, -0.2) is 4.57 Å². The van der Waals surface area contributed by atoms with Gasteiger partial charge in [0, 0.05) is 24.6 Å². The smallest absolute Gasteiger partial charge is 0.0869 e. The first-order valence-corrected chi connectivity index (χ1v) is 10.6. The van der Waals surface area contributed by atoms with Crippen molar-refractivity contribution in [2.75, 3.05) is 4.90 Å². The van der Waals surface area contributed by atoms with Crippen LogP contribution in [0.25, 0.3) is 0 Å². The van der Waals surface area contributed by atoms with E-state index >= 15 is 0 Å². The number of anilines is 1. The summed E-state index contributed by atoms with van der Waals surface area (Å²) < 4.78 is 2.48. The molecule has 1 aliphatic heterocycles. The lowest BCUT2D eigenvalue weighted by atomic mass is 9.47. The Labute approximate surface area is 157 Å². The molecular formula is C24H30N2. The molecule has 2 nitrogen and oxygen atoms in total. The molecule has 0 N–H and O–H groups in total. The molecule has 1 unspecified atom stereocenters. The molecule has 4 bridgehead atoms. The van der Waals surface area contributed by atoms with Gasteiger partial charge < -0.3 is 9.47 Å². The SMILES string of the molecule is Cc1ccccc1N1C(C)c2ccn(C)c2C12C1CC3CC(C1)CC2C3. The van der Waals surface area contributed by atoms with Crippen molar-refractivity contribution in [2.45, 2.75) is 57.5 Å². The van der Waals surface area contributed by atoms with Crippen molar-refractivity contribution < 1.29 is 0 Å². The standard InChI is InChI=1S/C24H30N2/c1-15-6-4-5-7-22(15)26-16(2)21-8-9-25(3)23(21)24(26)19-11-17-10-18(13-19)14-20(24)12-17/h4-9,16-20H,10-14H2,1-3H3. The van der Waals surface area contributed by atoms with Gasteiger partial charge in [-0.15, -0.1) is 0 Å². The fraction of sp³-hybridized carbons (Fsp3) is 0.583. The summed E-state index contributed by atoms with van der Waals surface area (Å²) in [6.45, 7) is 4.75. The Kier molecular flexibility index (Phi) is 2.94. The van der Waals surface area contributed by atoms with Gasteiger partial charge in [0.05, 0.1) is 11.6 Å². The fourth-order valence-corrected chi connectivity index (χ4v) is 7.90. The molecule has 4 aliphatic carbocycles. The average molecular weight is 347 g/mol. The number of aromatic nitrogens is 1. The van der Waals surface area contributed by atoms with E-state index in [0.29, 0.717) is 6.04 Å². The number of benzene rings is 1. The number of hydrogen-bond donors (Lipinski definition) is 0. The van der Waals surface area contributed by atoms with Crippen LogP contribution in [0.2, 0.25) is 0 Å². The van der Waals surface area contributed by atoms with Gasteiger partial charge in [-0.3, -0.25) is 0 Å². The van der Waals surface area contributed by atoms with Gasteiger partial charge in [0.25, 0.3) is 0 Å². The van der Waals surface area contributed by atoms with Gasteiger partial charge in [0.15, 0.2) is 0 Å². The Balaban J connectivity index is 1.63. The van der Waals surface area contributed by atoms with Crippen LogP contribution in [0.3, 0.4) is 0 Å². The molecule has 136 valence electrons. The minimum absolute atomic E-state index is 0.229. The molecule has 0 saturated heterocycles. The van der Waals surface area contributed by atoms with Crippen molar-refractivity contribution in [2.24, 2.45) is 30.7 Å². The normalized spacial score (nSPS) is 39.8. The van der Waals surface area contributed by atoms with E-state index in [2.05, 4.69) is 66.9 Å². The zero-order valence-corrected chi connectivity index (χ0v) is 16.3. The first kappa shape index (κ1) is 15.4. The molecule has 7 rings (SSSR count). The molecule has 2 heteroatoms. The molecular weight excluding hydrogens is 316 g/mol. The molecule has 1 spiro atoms. The predicted octanol–water partition coefficient (Wildman–Crippen LogP) is 5.57. The summed E-state index contributed by atoms with van der Waals surface area (Å²) in [5.41, 5.74) is 6.38. The Morgan fingerprint density at radius 1 is 0.923 bits per heavy atom. The zero-order valence-electron chi connectivity index (χ0n) is 16.3. The Bertz CT molecular complexity index is 848. The van der Waals surface area contributed by atoms with Gasteiger partial charge in [-0.2, -0.15) is 0 Å². The van der Waals surface area contributed by atoms with Crippen molar-refractivity contribution >= 4 is 5.69 Å². The van der Waals surface area contributed by atoms with Gasteiger partial charge in [-0.05, 0) is 92.9 Å². The lowest BCUT2D eigenvalue weighted by Gasteiger charge is -2.64. The van der Waals surface area contributed by atoms with Crippen molar-refractivity contribution in [3.8, 4) is 0 Å². The molecule has 26 heavy (non-hydrogen) atoms. The second-order valence-corrected chi connectivity index (χ2v) is 9.69. The molecule has 2 aromatic rings. The highest BCUT2D eigenvalue weighted by Crippen LogP contribution is 2.68. The third-order valence-corrected chi connectivity index (χ3v) is 8.48. The maximum atomic E-state index is 2.89. The molecule has 0 radical (unpaired) electrons. The number of fused-ring (bicyclic) bond motifs is 1. The molecule has 4 saturated carbocycles. The van der Waals surface area contributed by atoms with Crippen LogP contribution < -0.4 is 4.90 Å². The summed E-state index contributed by atoms with van der Waals surface area (Å²) in [5, 5.41) is 0. The molecule has 5 aliphatic rings. The fourth-order valence-electron chi connectivity index (χ4n) is 7.90. The monoisotopic (exact) mass is 346 g/mol. The first-order valence-electron chi connectivity index (χ1n) is 10.6. The van der Waals surface area contributed by atoms with Crippen LogP contribution >= 0.6 is 0 Å². The highest BCUT2D eigenvalue weighted by molar-refractivity contribution is 5.64. The van der Waals surface area contributed by atoms with E-state index < -0.39 is 0 Å². The largest absolute Gasteiger partial charge is 0.353 e. The first-order chi connectivity index (χ1) is 12.6. The highest BCUT2D eigenvalue weighted by atomic mass is 15.3. The van der Waals surface area contributed by atoms with Gasteiger partial charge in [0.1, 0.15) is 0 Å². The maximum absolute atomic E-state index is 2.89. The Morgan fingerprint density at radius 2 is 1.58 bits per heavy atom. The van der Waals surface area contributed by atoms with E-state index in [9.17, 15) is 0 Å². The van der Waals surface area contributed by atoms with Crippen LogP contribution in [0.5, 0.6) is 0 Å². The Hall–Kier alpha value is -1.70. The quantitative estimate of drug-likeness (QED) is 0.656. The molecule has 2 heterocycles. The molecule has 0 amide bonds. The molecule has 1 aromatic carbocycles. The highest BCUT2D eigenvalue weighted by Gasteiger charge is 2.65. The minimum atomic E-state index is 0.229. The Morgan fingerprint density at radius 3 is 2.23 bits per heavy atom. The van der Waals surface area contributed by atoms with Gasteiger partial charge in [0.2, 0.25) is 0 Å². The summed E-state index contributed by atoms with van der Waals surface area (Å²) in [7, 11) is 2.29. The maximum Gasteiger partial charge on any atom is 0.0869 e. The van der Waals surface area contributed by atoms with Crippen LogP contribution in [0.4, 0.5) is 5.69 Å². The second-order valence-electron chi connectivity index (χ2n) is 9.69. The van der Waals surface area contributed by atoms with E-state index in [1.165, 1.54) is 43.4 Å². The molecule has 1 atom stereocenters. The van der Waals surface area contributed by atoms with E-state index in [4.69, 9.17) is 0 Å². The summed E-state index contributed by atoms with van der Waals surface area (Å²) in [4.78, 5) is 2.89. The van der Waals surface area contributed by atoms with E-state index in [0.717, 1.165) is 23.7 Å². The van der Waals surface area contributed by atoms with E-state index in [1.54, 1.807) is 11.3 Å². The van der Waals surface area contributed by atoms with Gasteiger partial charge >= 0.3 is 0 Å². The van der Waals surface area contributed by atoms with Crippen molar-refractivity contribution in [1.29, 1.82) is 0 Å². The number of para-hydroxylation sites is 1. The van der Waals surface area contributed by atoms with Crippen LogP contribution in [0, 0.1) is 30.6 Å². The van der Waals surface area contributed by atoms with E-state index in [-0.39, 0.29) is 5.54 Å². The van der Waals surface area contributed by atoms with Gasteiger partial charge in [-0.25, -0.2) is 0 Å². The third kappa shape index (κ3) is 1.65. The summed E-state index contributed by atoms with van der Waals surface area (Å²) >= 11 is 0. The molecule has 1 aromatic heterocycles. The van der Waals surface area contributed by atoms with Crippen molar-refractivity contribution in [1.82, 2.24) is 4.57 Å². The predicted molar refractivity (Wildman–Crippen MR) is 106 cm³/mol. The molecule has 4 fully saturated rings. The topological polar surface area (TPSA) is 8.17 Å². The van der Waals surface area contributed by atoms with Gasteiger partial charge in [-0.1, -0.05) is 18.2 Å². The summed E-state index contributed by atoms with van der Waals surface area (Å²) in [5.74, 6) is 3.66. The summed E-state index contributed by atoms with van der Waals surface area (Å²) in [6, 6.07) is 12.0. The number of rotatable bonds is 1.